The van der Waals surface area contributed by atoms with Crippen molar-refractivity contribution in [2.45, 2.75) is 38.0 Å². The first-order valence-corrected chi connectivity index (χ1v) is 10.3. The Bertz CT molecular complexity index is 1100. The van der Waals surface area contributed by atoms with Crippen LogP contribution >= 0.6 is 0 Å². The minimum atomic E-state index is -4.42. The van der Waals surface area contributed by atoms with Crippen LogP contribution in [0.5, 0.6) is 0 Å². The van der Waals surface area contributed by atoms with Crippen LogP contribution in [0.1, 0.15) is 18.4 Å². The van der Waals surface area contributed by atoms with E-state index in [1.807, 2.05) is 4.90 Å². The summed E-state index contributed by atoms with van der Waals surface area (Å²) in [4.78, 5) is 14.4. The van der Waals surface area contributed by atoms with Crippen LogP contribution in [0, 0.1) is 11.8 Å². The van der Waals surface area contributed by atoms with Crippen molar-refractivity contribution in [2.24, 2.45) is 11.8 Å². The smallest absolute Gasteiger partial charge is 0.370 e. The second kappa shape index (κ2) is 7.82. The standard InChI is InChI=1S/C20H20F5N7/c21-17(22)10-32-19-16(6-28-32)27-7-18(30-19)29-14-1-11-8-31(9-12(11)2-14)15-3-13(4-26-5-15)20(23,24)25/h3-7,11-12,14,17H,1-2,8-10H2,(H,29,30). The molecule has 1 aliphatic carbocycles. The quantitative estimate of drug-likeness (QED) is 0.592. The highest BCUT2D eigenvalue weighted by Crippen LogP contribution is 2.41. The maximum atomic E-state index is 13.0. The first kappa shape index (κ1) is 20.8. The molecule has 2 aliphatic rings. The van der Waals surface area contributed by atoms with E-state index < -0.39 is 24.7 Å². The Balaban J connectivity index is 1.23. The predicted octanol–water partition coefficient (Wildman–Crippen LogP) is 3.83. The lowest BCUT2D eigenvalue weighted by atomic mass is 10.0. The third-order valence-electron chi connectivity index (χ3n) is 6.18. The fourth-order valence-corrected chi connectivity index (χ4v) is 4.78. The zero-order valence-electron chi connectivity index (χ0n) is 16.8. The summed E-state index contributed by atoms with van der Waals surface area (Å²) in [5.74, 6) is 1.17. The second-order valence-corrected chi connectivity index (χ2v) is 8.35. The monoisotopic (exact) mass is 453 g/mol. The van der Waals surface area contributed by atoms with Gasteiger partial charge in [0.05, 0.1) is 29.8 Å². The van der Waals surface area contributed by atoms with Gasteiger partial charge in [-0.3, -0.25) is 4.98 Å². The number of pyridine rings is 1. The van der Waals surface area contributed by atoms with Crippen molar-refractivity contribution in [1.82, 2.24) is 24.7 Å². The van der Waals surface area contributed by atoms with Crippen molar-refractivity contribution in [3.05, 3.63) is 36.4 Å². The van der Waals surface area contributed by atoms with Crippen molar-refractivity contribution in [3.63, 3.8) is 0 Å². The number of aromatic nitrogens is 5. The molecule has 5 rings (SSSR count). The summed E-state index contributed by atoms with van der Waals surface area (Å²) < 4.78 is 65.6. The van der Waals surface area contributed by atoms with Crippen LogP contribution in [0.15, 0.2) is 30.9 Å². The average molecular weight is 453 g/mol. The number of rotatable bonds is 5. The topological polar surface area (TPSA) is 71.8 Å². The van der Waals surface area contributed by atoms with Gasteiger partial charge in [-0.1, -0.05) is 0 Å². The molecular formula is C20H20F5N7. The van der Waals surface area contributed by atoms with Gasteiger partial charge in [-0.05, 0) is 30.7 Å². The molecule has 3 aromatic heterocycles. The minimum Gasteiger partial charge on any atom is -0.370 e. The van der Waals surface area contributed by atoms with Crippen molar-refractivity contribution in [1.29, 1.82) is 0 Å². The van der Waals surface area contributed by atoms with Crippen LogP contribution in [-0.4, -0.2) is 50.3 Å². The van der Waals surface area contributed by atoms with Crippen molar-refractivity contribution in [2.75, 3.05) is 23.3 Å². The molecule has 32 heavy (non-hydrogen) atoms. The molecule has 2 atom stereocenters. The summed E-state index contributed by atoms with van der Waals surface area (Å²) in [7, 11) is 0. The highest BCUT2D eigenvalue weighted by Gasteiger charge is 2.41. The molecule has 1 saturated heterocycles. The van der Waals surface area contributed by atoms with Gasteiger partial charge in [0.15, 0.2) is 5.65 Å². The number of hydrogen-bond donors (Lipinski definition) is 1. The van der Waals surface area contributed by atoms with Crippen LogP contribution in [-0.2, 0) is 12.7 Å². The Morgan fingerprint density at radius 3 is 2.50 bits per heavy atom. The SMILES string of the molecule is FC(F)Cn1ncc2ncc(NC3CC4CN(c5cncc(C(F)(F)F)c5)CC4C3)nc21. The summed E-state index contributed by atoms with van der Waals surface area (Å²) in [5.41, 5.74) is 0.496. The molecule has 1 aliphatic heterocycles. The molecule has 4 heterocycles. The molecule has 2 unspecified atom stereocenters. The average Bonchev–Trinajstić information content (AvgIpc) is 3.41. The van der Waals surface area contributed by atoms with Crippen molar-refractivity contribution < 1.29 is 22.0 Å². The van der Waals surface area contributed by atoms with E-state index in [2.05, 4.69) is 25.4 Å². The molecule has 0 radical (unpaired) electrons. The molecule has 12 heteroatoms. The van der Waals surface area contributed by atoms with Gasteiger partial charge >= 0.3 is 6.18 Å². The fraction of sp³-hybridized carbons (Fsp3) is 0.500. The lowest BCUT2D eigenvalue weighted by Gasteiger charge is -2.22. The number of alkyl halides is 5. The molecule has 1 N–H and O–H groups in total. The lowest BCUT2D eigenvalue weighted by Crippen LogP contribution is -2.25. The second-order valence-electron chi connectivity index (χ2n) is 8.35. The number of halogens is 5. The van der Waals surface area contributed by atoms with Crippen molar-refractivity contribution >= 4 is 22.7 Å². The minimum absolute atomic E-state index is 0.130. The fourth-order valence-electron chi connectivity index (χ4n) is 4.78. The van der Waals surface area contributed by atoms with E-state index >= 15 is 0 Å². The van der Waals surface area contributed by atoms with Gasteiger partial charge in [-0.25, -0.2) is 23.4 Å². The van der Waals surface area contributed by atoms with Crippen LogP contribution in [0.4, 0.5) is 33.5 Å². The van der Waals surface area contributed by atoms with Crippen molar-refractivity contribution in [3.8, 4) is 0 Å². The van der Waals surface area contributed by atoms with E-state index in [9.17, 15) is 22.0 Å². The Labute approximate surface area is 179 Å². The van der Waals surface area contributed by atoms with E-state index in [1.54, 1.807) is 6.20 Å². The molecule has 1 saturated carbocycles. The maximum absolute atomic E-state index is 13.0. The molecular weight excluding hydrogens is 433 g/mol. The molecule has 2 fully saturated rings. The predicted molar refractivity (Wildman–Crippen MR) is 106 cm³/mol. The number of hydrogen-bond acceptors (Lipinski definition) is 6. The summed E-state index contributed by atoms with van der Waals surface area (Å²) in [6, 6.07) is 1.28. The summed E-state index contributed by atoms with van der Waals surface area (Å²) in [6.45, 7) is 0.783. The Morgan fingerprint density at radius 2 is 1.81 bits per heavy atom. The van der Waals surface area contributed by atoms with E-state index in [1.165, 1.54) is 12.4 Å². The summed E-state index contributed by atoms with van der Waals surface area (Å²) in [6.07, 6.45) is -0.00376. The molecule has 7 nitrogen and oxygen atoms in total. The molecule has 3 aromatic rings. The zero-order chi connectivity index (χ0) is 22.5. The number of fused-ring (bicyclic) bond motifs is 2. The molecule has 170 valence electrons. The van der Waals surface area contributed by atoms with Gasteiger partial charge in [-0.2, -0.15) is 18.3 Å². The van der Waals surface area contributed by atoms with Crippen LogP contribution in [0.3, 0.4) is 0 Å². The summed E-state index contributed by atoms with van der Waals surface area (Å²) >= 11 is 0. The third-order valence-corrected chi connectivity index (χ3v) is 6.18. The highest BCUT2D eigenvalue weighted by molar-refractivity contribution is 5.71. The van der Waals surface area contributed by atoms with E-state index in [0.717, 1.165) is 29.8 Å². The zero-order valence-corrected chi connectivity index (χ0v) is 16.8. The largest absolute Gasteiger partial charge is 0.417 e. The highest BCUT2D eigenvalue weighted by atomic mass is 19.4. The van der Waals surface area contributed by atoms with Gasteiger partial charge in [0.25, 0.3) is 6.43 Å². The van der Waals surface area contributed by atoms with Gasteiger partial charge in [0.2, 0.25) is 0 Å². The molecule has 0 bridgehead atoms. The van der Waals surface area contributed by atoms with Gasteiger partial charge in [-0.15, -0.1) is 0 Å². The molecule has 0 spiro atoms. The molecule has 0 aromatic carbocycles. The number of nitrogens with one attached hydrogen (secondary N) is 1. The Morgan fingerprint density at radius 1 is 1.06 bits per heavy atom. The number of anilines is 2. The Hall–Kier alpha value is -3.05. The van der Waals surface area contributed by atoms with Gasteiger partial charge < -0.3 is 10.2 Å². The van der Waals surface area contributed by atoms with Crippen LogP contribution in [0.25, 0.3) is 11.2 Å². The first-order chi connectivity index (χ1) is 15.3. The first-order valence-electron chi connectivity index (χ1n) is 10.3. The lowest BCUT2D eigenvalue weighted by molar-refractivity contribution is -0.137. The third kappa shape index (κ3) is 4.05. The normalized spacial score (nSPS) is 23.3. The van der Waals surface area contributed by atoms with Crippen LogP contribution < -0.4 is 10.2 Å². The summed E-state index contributed by atoms with van der Waals surface area (Å²) in [5, 5.41) is 7.25. The van der Waals surface area contributed by atoms with Crippen LogP contribution in [0.2, 0.25) is 0 Å². The maximum Gasteiger partial charge on any atom is 0.417 e. The number of nitrogens with zero attached hydrogens (tertiary/aromatic N) is 6. The van der Waals surface area contributed by atoms with Gasteiger partial charge in [0, 0.05) is 25.3 Å². The van der Waals surface area contributed by atoms with Gasteiger partial charge in [0.1, 0.15) is 17.9 Å². The van der Waals surface area contributed by atoms with E-state index in [4.69, 9.17) is 0 Å². The Kier molecular flexibility index (Phi) is 5.09. The van der Waals surface area contributed by atoms with E-state index in [0.29, 0.717) is 47.6 Å². The molecule has 0 amide bonds. The van der Waals surface area contributed by atoms with E-state index in [-0.39, 0.29) is 6.04 Å².